The lowest BCUT2D eigenvalue weighted by Gasteiger charge is -2.18. The molecule has 1 atom stereocenters. The minimum atomic E-state index is -4.68. The van der Waals surface area contributed by atoms with E-state index in [2.05, 4.69) is 9.98 Å². The number of amides is 1. The normalized spacial score (nSPS) is 24.7. The largest absolute Gasteiger partial charge is 0.451 e. The van der Waals surface area contributed by atoms with Gasteiger partial charge in [0.2, 0.25) is 5.84 Å². The summed E-state index contributed by atoms with van der Waals surface area (Å²) in [7, 11) is 0. The van der Waals surface area contributed by atoms with E-state index in [1.807, 2.05) is 0 Å². The first kappa shape index (κ1) is 9.82. The topological polar surface area (TPSA) is 41.8 Å². The minimum absolute atomic E-state index is 0.0878. The van der Waals surface area contributed by atoms with Crippen molar-refractivity contribution in [3.8, 4) is 0 Å². The number of hydrogen-bond acceptors (Lipinski definition) is 2. The number of amidine groups is 1. The predicted octanol–water partition coefficient (Wildman–Crippen LogP) is 1.67. The Bertz CT molecular complexity index is 429. The summed E-state index contributed by atoms with van der Waals surface area (Å²) in [6.45, 7) is 0. The molecule has 6 heteroatoms. The fourth-order valence-electron chi connectivity index (χ4n) is 1.30. The zero-order chi connectivity index (χ0) is 11.1. The molecule has 0 spiro atoms. The van der Waals surface area contributed by atoms with Gasteiger partial charge in [-0.2, -0.15) is 18.2 Å². The number of allylic oxidation sites excluding steroid dienone is 3. The highest BCUT2D eigenvalue weighted by Gasteiger charge is 2.40. The molecule has 1 aliphatic carbocycles. The molecular formula is C9H5F3N2O. The van der Waals surface area contributed by atoms with E-state index in [4.69, 9.17) is 0 Å². The summed E-state index contributed by atoms with van der Waals surface area (Å²) in [6.07, 6.45) is 1.28. The van der Waals surface area contributed by atoms with Crippen LogP contribution in [-0.2, 0) is 4.79 Å². The number of rotatable bonds is 0. The Labute approximate surface area is 82.7 Å². The zero-order valence-electron chi connectivity index (χ0n) is 7.32. The maximum absolute atomic E-state index is 12.2. The van der Waals surface area contributed by atoms with Gasteiger partial charge in [-0.3, -0.25) is 4.79 Å². The van der Waals surface area contributed by atoms with E-state index >= 15 is 0 Å². The first-order chi connectivity index (χ1) is 6.98. The van der Waals surface area contributed by atoms with E-state index in [0.717, 1.165) is 0 Å². The number of halogens is 3. The summed E-state index contributed by atoms with van der Waals surface area (Å²) >= 11 is 0. The second kappa shape index (κ2) is 3.15. The van der Waals surface area contributed by atoms with Crippen molar-refractivity contribution < 1.29 is 18.0 Å². The van der Waals surface area contributed by atoms with E-state index in [1.165, 1.54) is 18.2 Å². The molecule has 0 aromatic rings. The Morgan fingerprint density at radius 1 is 1.20 bits per heavy atom. The molecule has 0 saturated heterocycles. The molecule has 1 aliphatic heterocycles. The third kappa shape index (κ3) is 1.74. The van der Waals surface area contributed by atoms with Gasteiger partial charge >= 0.3 is 6.18 Å². The quantitative estimate of drug-likeness (QED) is 0.604. The Morgan fingerprint density at radius 3 is 2.60 bits per heavy atom. The smallest absolute Gasteiger partial charge is 0.271 e. The molecule has 15 heavy (non-hydrogen) atoms. The molecule has 0 fully saturated rings. The van der Waals surface area contributed by atoms with Crippen LogP contribution in [0.2, 0.25) is 0 Å². The van der Waals surface area contributed by atoms with Crippen molar-refractivity contribution in [2.45, 2.75) is 6.18 Å². The number of hydrogen-bond donors (Lipinski definition) is 0. The summed E-state index contributed by atoms with van der Waals surface area (Å²) in [5.41, 5.74) is 0.0878. The van der Waals surface area contributed by atoms with Crippen molar-refractivity contribution in [1.29, 1.82) is 0 Å². The van der Waals surface area contributed by atoms with Crippen LogP contribution in [0, 0.1) is 5.92 Å². The number of alkyl halides is 3. The monoisotopic (exact) mass is 214 g/mol. The van der Waals surface area contributed by atoms with E-state index in [-0.39, 0.29) is 5.71 Å². The van der Waals surface area contributed by atoms with Gasteiger partial charge in [-0.15, -0.1) is 0 Å². The van der Waals surface area contributed by atoms with E-state index < -0.39 is 23.8 Å². The third-order valence-corrected chi connectivity index (χ3v) is 1.97. The van der Waals surface area contributed by atoms with Gasteiger partial charge in [-0.1, -0.05) is 18.2 Å². The second-order valence-electron chi connectivity index (χ2n) is 3.03. The lowest BCUT2D eigenvalue weighted by Crippen LogP contribution is -2.33. The van der Waals surface area contributed by atoms with Crippen LogP contribution in [0.15, 0.2) is 34.3 Å². The van der Waals surface area contributed by atoms with Crippen molar-refractivity contribution in [3.05, 3.63) is 24.3 Å². The molecule has 0 N–H and O–H groups in total. The van der Waals surface area contributed by atoms with Crippen molar-refractivity contribution in [1.82, 2.24) is 0 Å². The van der Waals surface area contributed by atoms with Gasteiger partial charge in [-0.05, 0) is 6.08 Å². The van der Waals surface area contributed by atoms with Crippen LogP contribution >= 0.6 is 0 Å². The van der Waals surface area contributed by atoms with Crippen LogP contribution in [0.25, 0.3) is 0 Å². The molecule has 78 valence electrons. The van der Waals surface area contributed by atoms with Gasteiger partial charge in [0.1, 0.15) is 5.92 Å². The Hall–Kier alpha value is -1.72. The summed E-state index contributed by atoms with van der Waals surface area (Å²) in [5, 5.41) is 0. The summed E-state index contributed by atoms with van der Waals surface area (Å²) in [4.78, 5) is 17.5. The van der Waals surface area contributed by atoms with E-state index in [0.29, 0.717) is 0 Å². The molecule has 2 rings (SSSR count). The van der Waals surface area contributed by atoms with Crippen LogP contribution in [0.1, 0.15) is 0 Å². The fourth-order valence-corrected chi connectivity index (χ4v) is 1.30. The number of fused-ring (bicyclic) bond motifs is 1. The SMILES string of the molecule is O=C1N=C(C(F)(F)F)N=C2C=CC=CC12. The molecule has 0 bridgehead atoms. The maximum atomic E-state index is 12.2. The van der Waals surface area contributed by atoms with Gasteiger partial charge in [0.15, 0.2) is 0 Å². The molecule has 2 aliphatic rings. The molecule has 0 aromatic carbocycles. The molecule has 1 heterocycles. The molecule has 0 saturated carbocycles. The zero-order valence-corrected chi connectivity index (χ0v) is 7.32. The molecule has 0 radical (unpaired) electrons. The first-order valence-corrected chi connectivity index (χ1v) is 4.11. The number of carbonyl (C=O) groups is 1. The maximum Gasteiger partial charge on any atom is 0.451 e. The summed E-state index contributed by atoms with van der Waals surface area (Å²) < 4.78 is 36.7. The van der Waals surface area contributed by atoms with E-state index in [1.54, 1.807) is 6.08 Å². The Kier molecular flexibility index (Phi) is 2.06. The Balaban J connectivity index is 2.42. The van der Waals surface area contributed by atoms with Crippen molar-refractivity contribution in [2.75, 3.05) is 0 Å². The Morgan fingerprint density at radius 2 is 1.93 bits per heavy atom. The molecule has 1 unspecified atom stereocenters. The summed E-state index contributed by atoms with van der Waals surface area (Å²) in [6, 6.07) is 0. The highest BCUT2D eigenvalue weighted by atomic mass is 19.4. The van der Waals surface area contributed by atoms with Gasteiger partial charge < -0.3 is 0 Å². The average Bonchev–Trinajstić information content (AvgIpc) is 2.16. The van der Waals surface area contributed by atoms with Crippen LogP contribution in [0.5, 0.6) is 0 Å². The lowest BCUT2D eigenvalue weighted by molar-refractivity contribution is -0.119. The average molecular weight is 214 g/mol. The number of nitrogens with zero attached hydrogens (tertiary/aromatic N) is 2. The molecule has 1 amide bonds. The van der Waals surface area contributed by atoms with Crippen LogP contribution in [0.3, 0.4) is 0 Å². The number of aliphatic imine (C=N–C) groups is 2. The standard InChI is InChI=1S/C9H5F3N2O/c10-9(11,12)8-13-6-4-2-1-3-5(6)7(15)14-8/h1-5H. The van der Waals surface area contributed by atoms with Crippen LogP contribution in [-0.4, -0.2) is 23.6 Å². The molecule has 3 nitrogen and oxygen atoms in total. The van der Waals surface area contributed by atoms with Crippen LogP contribution in [0.4, 0.5) is 13.2 Å². The van der Waals surface area contributed by atoms with Crippen molar-refractivity contribution >= 4 is 17.5 Å². The highest BCUT2D eigenvalue weighted by Crippen LogP contribution is 2.24. The van der Waals surface area contributed by atoms with Crippen molar-refractivity contribution in [3.63, 3.8) is 0 Å². The fraction of sp³-hybridized carbons (Fsp3) is 0.222. The molecular weight excluding hydrogens is 209 g/mol. The van der Waals surface area contributed by atoms with Crippen molar-refractivity contribution in [2.24, 2.45) is 15.9 Å². The molecule has 0 aromatic heterocycles. The lowest BCUT2D eigenvalue weighted by atomic mass is 9.96. The second-order valence-corrected chi connectivity index (χ2v) is 3.03. The third-order valence-electron chi connectivity index (χ3n) is 1.97. The van der Waals surface area contributed by atoms with Gasteiger partial charge in [0.05, 0.1) is 5.71 Å². The number of carbonyl (C=O) groups excluding carboxylic acids is 1. The van der Waals surface area contributed by atoms with Crippen LogP contribution < -0.4 is 0 Å². The summed E-state index contributed by atoms with van der Waals surface area (Å²) in [5.74, 6) is -2.97. The predicted molar refractivity (Wildman–Crippen MR) is 47.7 cm³/mol. The van der Waals surface area contributed by atoms with Gasteiger partial charge in [-0.25, -0.2) is 4.99 Å². The highest BCUT2D eigenvalue weighted by molar-refractivity contribution is 6.22. The van der Waals surface area contributed by atoms with Gasteiger partial charge in [0.25, 0.3) is 5.91 Å². The minimum Gasteiger partial charge on any atom is -0.271 e. The van der Waals surface area contributed by atoms with Gasteiger partial charge in [0, 0.05) is 0 Å². The van der Waals surface area contributed by atoms with E-state index in [9.17, 15) is 18.0 Å². The first-order valence-electron chi connectivity index (χ1n) is 4.11.